The predicted molar refractivity (Wildman–Crippen MR) is 96.0 cm³/mol. The van der Waals surface area contributed by atoms with Gasteiger partial charge >= 0.3 is 11.9 Å². The van der Waals surface area contributed by atoms with E-state index in [9.17, 15) is 9.59 Å². The number of carbonyl (C=O) groups is 2. The number of rotatable bonds is 8. The lowest BCUT2D eigenvalue weighted by Crippen LogP contribution is -2.37. The molecule has 26 heavy (non-hydrogen) atoms. The van der Waals surface area contributed by atoms with Gasteiger partial charge in [-0.2, -0.15) is 0 Å². The molecular weight excluding hydrogens is 334 g/mol. The maximum absolute atomic E-state index is 12.3. The molecule has 0 spiro atoms. The smallest absolute Gasteiger partial charge is 0.336 e. The summed E-state index contributed by atoms with van der Waals surface area (Å²) < 4.78 is 10.6. The van der Waals surface area contributed by atoms with Crippen LogP contribution in [0.2, 0.25) is 0 Å². The molecule has 6 heteroatoms. The number of carboxylic acid groups (broad SMARTS) is 1. The minimum Gasteiger partial charge on any atom is -0.480 e. The van der Waals surface area contributed by atoms with Crippen LogP contribution in [-0.4, -0.2) is 50.0 Å². The van der Waals surface area contributed by atoms with Gasteiger partial charge in [-0.05, 0) is 29.3 Å². The van der Waals surface area contributed by atoms with Crippen molar-refractivity contribution in [3.63, 3.8) is 0 Å². The number of nitrogens with one attached hydrogen (secondary N) is 1. The lowest BCUT2D eigenvalue weighted by molar-refractivity contribution is -0.161. The van der Waals surface area contributed by atoms with E-state index in [4.69, 9.17) is 14.6 Å². The highest BCUT2D eigenvalue weighted by atomic mass is 16.6. The Balaban J connectivity index is 1.72. The molecule has 0 radical (unpaired) electrons. The first-order valence-electron chi connectivity index (χ1n) is 8.44. The van der Waals surface area contributed by atoms with Crippen molar-refractivity contribution in [2.24, 2.45) is 0 Å². The molecule has 0 amide bonds. The van der Waals surface area contributed by atoms with Gasteiger partial charge in [0.2, 0.25) is 0 Å². The van der Waals surface area contributed by atoms with Gasteiger partial charge in [0.15, 0.2) is 6.10 Å². The molecule has 1 unspecified atom stereocenters. The lowest BCUT2D eigenvalue weighted by atomic mass is 9.98. The minimum atomic E-state index is -1.13. The van der Waals surface area contributed by atoms with Crippen molar-refractivity contribution in [3.8, 4) is 11.1 Å². The normalized spacial score (nSPS) is 13.7. The monoisotopic (exact) mass is 355 g/mol. The molecular formula is C20H21NO5. The van der Waals surface area contributed by atoms with Gasteiger partial charge in [-0.1, -0.05) is 48.5 Å². The van der Waals surface area contributed by atoms with E-state index in [2.05, 4.69) is 17.4 Å². The van der Waals surface area contributed by atoms with Gasteiger partial charge < -0.3 is 19.9 Å². The fourth-order valence-corrected chi connectivity index (χ4v) is 3.27. The average Bonchev–Trinajstić information content (AvgIpc) is 2.97. The summed E-state index contributed by atoms with van der Waals surface area (Å²) in [7, 11) is 1.66. The first kappa shape index (κ1) is 18.1. The summed E-state index contributed by atoms with van der Waals surface area (Å²) in [5.74, 6) is -1.74. The third-order valence-corrected chi connectivity index (χ3v) is 4.42. The highest BCUT2D eigenvalue weighted by Gasteiger charge is 2.30. The quantitative estimate of drug-likeness (QED) is 0.705. The number of ether oxygens (including phenoxy) is 2. The summed E-state index contributed by atoms with van der Waals surface area (Å²) in [5.41, 5.74) is 4.55. The molecule has 1 atom stereocenters. The Morgan fingerprint density at radius 2 is 1.65 bits per heavy atom. The van der Waals surface area contributed by atoms with Crippen LogP contribution in [0.4, 0.5) is 0 Å². The maximum atomic E-state index is 12.3. The zero-order valence-electron chi connectivity index (χ0n) is 14.5. The fourth-order valence-electron chi connectivity index (χ4n) is 3.27. The number of likely N-dealkylation sites (N-methyl/N-ethyl adjacent to an activating group) is 1. The minimum absolute atomic E-state index is 0.0407. The van der Waals surface area contributed by atoms with Gasteiger partial charge in [-0.3, -0.25) is 0 Å². The third-order valence-electron chi connectivity index (χ3n) is 4.42. The van der Waals surface area contributed by atoms with Crippen LogP contribution in [0.1, 0.15) is 17.0 Å². The second kappa shape index (κ2) is 8.12. The summed E-state index contributed by atoms with van der Waals surface area (Å²) >= 11 is 0. The van der Waals surface area contributed by atoms with Crippen molar-refractivity contribution in [2.75, 3.05) is 26.8 Å². The predicted octanol–water partition coefficient (Wildman–Crippen LogP) is 2.03. The molecule has 1 aliphatic rings. The molecule has 2 N–H and O–H groups in total. The highest BCUT2D eigenvalue weighted by Crippen LogP contribution is 2.44. The van der Waals surface area contributed by atoms with E-state index in [1.54, 1.807) is 7.05 Å². The summed E-state index contributed by atoms with van der Waals surface area (Å²) in [5, 5.41) is 11.5. The summed E-state index contributed by atoms with van der Waals surface area (Å²) in [4.78, 5) is 23.0. The molecule has 0 saturated carbocycles. The Bertz CT molecular complexity index is 759. The summed E-state index contributed by atoms with van der Waals surface area (Å²) in [6, 6.07) is 16.1. The van der Waals surface area contributed by atoms with Crippen LogP contribution in [0.15, 0.2) is 48.5 Å². The van der Waals surface area contributed by atoms with Crippen molar-refractivity contribution in [3.05, 3.63) is 59.7 Å². The van der Waals surface area contributed by atoms with Gasteiger partial charge in [0.1, 0.15) is 13.2 Å². The van der Waals surface area contributed by atoms with Gasteiger partial charge in [-0.15, -0.1) is 0 Å². The second-order valence-electron chi connectivity index (χ2n) is 6.11. The van der Waals surface area contributed by atoms with Crippen LogP contribution in [0.3, 0.4) is 0 Å². The molecule has 0 heterocycles. The number of hydrogen-bond acceptors (Lipinski definition) is 5. The zero-order valence-corrected chi connectivity index (χ0v) is 14.5. The van der Waals surface area contributed by atoms with Crippen molar-refractivity contribution in [1.29, 1.82) is 0 Å². The van der Waals surface area contributed by atoms with Crippen molar-refractivity contribution in [2.45, 2.75) is 12.0 Å². The number of esters is 1. The van der Waals surface area contributed by atoms with E-state index in [1.807, 2.05) is 36.4 Å². The Kier molecular flexibility index (Phi) is 5.65. The first-order valence-corrected chi connectivity index (χ1v) is 8.44. The van der Waals surface area contributed by atoms with Crippen LogP contribution in [-0.2, 0) is 19.1 Å². The summed E-state index contributed by atoms with van der Waals surface area (Å²) in [6.07, 6.45) is -0.956. The fraction of sp³-hybridized carbons (Fsp3) is 0.300. The Morgan fingerprint density at radius 1 is 1.08 bits per heavy atom. The Hall–Kier alpha value is -2.70. The van der Waals surface area contributed by atoms with Gasteiger partial charge in [0.05, 0.1) is 0 Å². The molecule has 0 bridgehead atoms. The maximum Gasteiger partial charge on any atom is 0.336 e. The highest BCUT2D eigenvalue weighted by molar-refractivity contribution is 5.79. The first-order chi connectivity index (χ1) is 12.6. The number of aliphatic carboxylic acids is 1. The molecule has 3 rings (SSSR count). The van der Waals surface area contributed by atoms with Crippen LogP contribution in [0.5, 0.6) is 0 Å². The largest absolute Gasteiger partial charge is 0.480 e. The van der Waals surface area contributed by atoms with E-state index < -0.39 is 24.6 Å². The molecule has 136 valence electrons. The van der Waals surface area contributed by atoms with Gasteiger partial charge in [-0.25, -0.2) is 9.59 Å². The Labute approximate surface area is 151 Å². The molecule has 0 saturated heterocycles. The topological polar surface area (TPSA) is 84.9 Å². The number of fused-ring (bicyclic) bond motifs is 3. The molecule has 1 aliphatic carbocycles. The molecule has 0 aromatic heterocycles. The standard InChI is InChI=1S/C20H21NO5/c1-21-10-18(25-12-19(22)23)20(24)26-11-17-15-8-4-2-6-13(15)14-7-3-5-9-16(14)17/h2-9,17-18,21H,10-12H2,1H3,(H,22,23). The average molecular weight is 355 g/mol. The molecule has 0 aliphatic heterocycles. The second-order valence-corrected chi connectivity index (χ2v) is 6.11. The number of hydrogen-bond donors (Lipinski definition) is 2. The van der Waals surface area contributed by atoms with Gasteiger partial charge in [0, 0.05) is 12.5 Å². The molecule has 6 nitrogen and oxygen atoms in total. The Morgan fingerprint density at radius 3 is 2.19 bits per heavy atom. The van der Waals surface area contributed by atoms with Crippen LogP contribution in [0, 0.1) is 0 Å². The molecule has 2 aromatic rings. The van der Waals surface area contributed by atoms with E-state index in [1.165, 1.54) is 0 Å². The molecule has 2 aromatic carbocycles. The van der Waals surface area contributed by atoms with Crippen molar-refractivity contribution >= 4 is 11.9 Å². The number of benzene rings is 2. The lowest BCUT2D eigenvalue weighted by Gasteiger charge is -2.18. The number of carboxylic acids is 1. The zero-order chi connectivity index (χ0) is 18.5. The number of carbonyl (C=O) groups excluding carboxylic acids is 1. The van der Waals surface area contributed by atoms with Crippen molar-refractivity contribution < 1.29 is 24.2 Å². The van der Waals surface area contributed by atoms with E-state index in [0.717, 1.165) is 22.3 Å². The summed E-state index contributed by atoms with van der Waals surface area (Å²) in [6.45, 7) is -0.177. The van der Waals surface area contributed by atoms with E-state index in [0.29, 0.717) is 0 Å². The van der Waals surface area contributed by atoms with Crippen LogP contribution >= 0.6 is 0 Å². The van der Waals surface area contributed by atoms with Crippen LogP contribution in [0.25, 0.3) is 11.1 Å². The van der Waals surface area contributed by atoms with E-state index >= 15 is 0 Å². The molecule has 0 fully saturated rings. The van der Waals surface area contributed by atoms with Crippen molar-refractivity contribution in [1.82, 2.24) is 5.32 Å². The third kappa shape index (κ3) is 3.76. The SMILES string of the molecule is CNCC(OCC(=O)O)C(=O)OCC1c2ccccc2-c2ccccc21. The van der Waals surface area contributed by atoms with E-state index in [-0.39, 0.29) is 19.1 Å². The van der Waals surface area contributed by atoms with Crippen LogP contribution < -0.4 is 5.32 Å². The van der Waals surface area contributed by atoms with Gasteiger partial charge in [0.25, 0.3) is 0 Å².